The first-order valence-electron chi connectivity index (χ1n) is 6.27. The lowest BCUT2D eigenvalue weighted by Crippen LogP contribution is -2.12. The number of hydrogen-bond acceptors (Lipinski definition) is 3. The molecule has 0 radical (unpaired) electrons. The van der Waals surface area contributed by atoms with Gasteiger partial charge in [-0.05, 0) is 49.9 Å². The molecule has 0 bridgehead atoms. The van der Waals surface area contributed by atoms with Crippen LogP contribution < -0.4 is 10.1 Å². The quantitative estimate of drug-likeness (QED) is 0.837. The number of amides is 1. The van der Waals surface area contributed by atoms with Crippen LogP contribution in [0.15, 0.2) is 36.9 Å². The van der Waals surface area contributed by atoms with Gasteiger partial charge >= 0.3 is 6.09 Å². The fourth-order valence-electron chi connectivity index (χ4n) is 2.05. The Morgan fingerprint density at radius 1 is 1.26 bits per heavy atom. The Morgan fingerprint density at radius 2 is 1.95 bits per heavy atom. The molecule has 1 aromatic rings. The monoisotopic (exact) mass is 265 g/mol. The van der Waals surface area contributed by atoms with Gasteiger partial charge in [0.15, 0.2) is 0 Å². The summed E-state index contributed by atoms with van der Waals surface area (Å²) in [6.07, 6.45) is 5.03. The van der Waals surface area contributed by atoms with E-state index in [1.165, 1.54) is 12.8 Å². The van der Waals surface area contributed by atoms with E-state index in [0.29, 0.717) is 18.1 Å². The molecule has 1 fully saturated rings. The lowest BCUT2D eigenvalue weighted by Gasteiger charge is -2.13. The fraction of sp³-hybridized carbons (Fsp3) is 0.357. The molecule has 0 unspecified atom stereocenters. The van der Waals surface area contributed by atoms with Crippen molar-refractivity contribution in [1.29, 1.82) is 0 Å². The lowest BCUT2D eigenvalue weighted by molar-refractivity contribution is 0.200. The van der Waals surface area contributed by atoms with Crippen molar-refractivity contribution in [2.45, 2.75) is 31.8 Å². The molecule has 1 aliphatic rings. The third-order valence-corrected chi connectivity index (χ3v) is 2.93. The van der Waals surface area contributed by atoms with Crippen LogP contribution in [0.5, 0.6) is 5.75 Å². The molecule has 1 aliphatic carbocycles. The van der Waals surface area contributed by atoms with Gasteiger partial charge in [0.2, 0.25) is 0 Å². The Labute approximate surface area is 111 Å². The van der Waals surface area contributed by atoms with Gasteiger partial charge < -0.3 is 9.47 Å². The third-order valence-electron chi connectivity index (χ3n) is 2.93. The average Bonchev–Trinajstić information content (AvgIpc) is 2.91. The Balaban J connectivity index is 1.85. The van der Waals surface area contributed by atoms with Gasteiger partial charge in [-0.1, -0.05) is 0 Å². The molecule has 2 rings (SSSR count). The molecule has 1 N–H and O–H groups in total. The van der Waals surface area contributed by atoms with Gasteiger partial charge in [0, 0.05) is 5.69 Å². The Kier molecular flexibility index (Phi) is 4.78. The van der Waals surface area contributed by atoms with E-state index in [4.69, 9.17) is 4.74 Å². The molecular weight excluding hydrogens is 249 g/mol. The topological polar surface area (TPSA) is 47.6 Å². The van der Waals surface area contributed by atoms with Crippen molar-refractivity contribution in [2.24, 2.45) is 0 Å². The summed E-state index contributed by atoms with van der Waals surface area (Å²) in [5.41, 5.74) is 0.566. The van der Waals surface area contributed by atoms with E-state index >= 15 is 0 Å². The molecule has 1 aromatic carbocycles. The van der Waals surface area contributed by atoms with Crippen LogP contribution in [0, 0.1) is 0 Å². The normalized spacial score (nSPS) is 15.6. The molecule has 0 aliphatic heterocycles. The maximum absolute atomic E-state index is 11.6. The number of hydrogen-bond donors (Lipinski definition) is 1. The van der Waals surface area contributed by atoms with Crippen molar-refractivity contribution in [3.05, 3.63) is 36.9 Å². The number of ether oxygens (including phenoxy) is 2. The number of nitrogens with one attached hydrogen (secondary N) is 1. The third kappa shape index (κ3) is 4.28. The summed E-state index contributed by atoms with van der Waals surface area (Å²) < 4.78 is 21.8. The first-order valence-corrected chi connectivity index (χ1v) is 6.27. The molecule has 1 saturated carbocycles. The highest BCUT2D eigenvalue weighted by molar-refractivity contribution is 5.84. The molecule has 0 saturated heterocycles. The second-order valence-electron chi connectivity index (χ2n) is 4.34. The smallest absolute Gasteiger partial charge is 0.416 e. The molecule has 4 nitrogen and oxygen atoms in total. The maximum Gasteiger partial charge on any atom is 0.416 e. The summed E-state index contributed by atoms with van der Waals surface area (Å²) in [6.45, 7) is 0. The molecule has 0 atom stereocenters. The first kappa shape index (κ1) is 13.4. The van der Waals surface area contributed by atoms with Gasteiger partial charge in [-0.15, -0.1) is 0 Å². The minimum Gasteiger partial charge on any atom is -0.490 e. The van der Waals surface area contributed by atoms with Crippen LogP contribution in [0.25, 0.3) is 0 Å². The van der Waals surface area contributed by atoms with Gasteiger partial charge in [0.25, 0.3) is 0 Å². The zero-order chi connectivity index (χ0) is 13.5. The SMILES string of the molecule is O=C(Nc1ccc(OC2CCCC2)cc1)O/C=C/F. The Morgan fingerprint density at radius 3 is 2.58 bits per heavy atom. The van der Waals surface area contributed by atoms with E-state index in [2.05, 4.69) is 10.1 Å². The largest absolute Gasteiger partial charge is 0.490 e. The molecular formula is C14H16FNO3. The summed E-state index contributed by atoms with van der Waals surface area (Å²) in [4.78, 5) is 11.2. The van der Waals surface area contributed by atoms with Crippen LogP contribution in [0.4, 0.5) is 14.9 Å². The molecule has 0 heterocycles. The van der Waals surface area contributed by atoms with E-state index in [0.717, 1.165) is 18.6 Å². The highest BCUT2D eigenvalue weighted by Crippen LogP contribution is 2.24. The standard InChI is InChI=1S/C14H16FNO3/c15-9-10-18-14(17)16-11-5-7-13(8-6-11)19-12-3-1-2-4-12/h5-10,12H,1-4H2,(H,16,17)/b10-9+. The number of anilines is 1. The molecule has 0 spiro atoms. The number of benzene rings is 1. The van der Waals surface area contributed by atoms with E-state index in [1.807, 2.05) is 0 Å². The Hall–Kier alpha value is -2.04. The average molecular weight is 265 g/mol. The van der Waals surface area contributed by atoms with Gasteiger partial charge in [-0.2, -0.15) is 0 Å². The summed E-state index contributed by atoms with van der Waals surface area (Å²) in [5, 5.41) is 2.46. The van der Waals surface area contributed by atoms with Crippen LogP contribution in [0.3, 0.4) is 0 Å². The number of rotatable bonds is 4. The molecule has 0 aromatic heterocycles. The fourth-order valence-corrected chi connectivity index (χ4v) is 2.05. The van der Waals surface area contributed by atoms with E-state index in [1.54, 1.807) is 24.3 Å². The highest BCUT2D eigenvalue weighted by Gasteiger charge is 2.16. The molecule has 5 heteroatoms. The predicted molar refractivity (Wildman–Crippen MR) is 69.7 cm³/mol. The minimum atomic E-state index is -0.738. The predicted octanol–water partition coefficient (Wildman–Crippen LogP) is 4.00. The zero-order valence-electron chi connectivity index (χ0n) is 10.5. The second-order valence-corrected chi connectivity index (χ2v) is 4.34. The summed E-state index contributed by atoms with van der Waals surface area (Å²) >= 11 is 0. The lowest BCUT2D eigenvalue weighted by atomic mass is 10.3. The zero-order valence-corrected chi connectivity index (χ0v) is 10.5. The van der Waals surface area contributed by atoms with Crippen LogP contribution in [-0.4, -0.2) is 12.2 Å². The molecule has 102 valence electrons. The van der Waals surface area contributed by atoms with Gasteiger partial charge in [-0.25, -0.2) is 9.18 Å². The van der Waals surface area contributed by atoms with Crippen LogP contribution in [0.2, 0.25) is 0 Å². The summed E-state index contributed by atoms with van der Waals surface area (Å²) in [5.74, 6) is 0.787. The van der Waals surface area contributed by atoms with Crippen molar-refractivity contribution in [3.8, 4) is 5.75 Å². The van der Waals surface area contributed by atoms with Crippen LogP contribution >= 0.6 is 0 Å². The molecule has 19 heavy (non-hydrogen) atoms. The van der Waals surface area contributed by atoms with Crippen molar-refractivity contribution in [1.82, 2.24) is 0 Å². The van der Waals surface area contributed by atoms with Gasteiger partial charge in [0.05, 0.1) is 6.10 Å². The van der Waals surface area contributed by atoms with E-state index < -0.39 is 6.09 Å². The van der Waals surface area contributed by atoms with E-state index in [9.17, 15) is 9.18 Å². The number of carbonyl (C=O) groups is 1. The number of carbonyl (C=O) groups excluding carboxylic acids is 1. The van der Waals surface area contributed by atoms with Crippen molar-refractivity contribution in [2.75, 3.05) is 5.32 Å². The van der Waals surface area contributed by atoms with Crippen molar-refractivity contribution in [3.63, 3.8) is 0 Å². The van der Waals surface area contributed by atoms with Crippen molar-refractivity contribution >= 4 is 11.8 Å². The van der Waals surface area contributed by atoms with Gasteiger partial charge in [0.1, 0.15) is 18.3 Å². The number of halogens is 1. The Bertz CT molecular complexity index is 439. The van der Waals surface area contributed by atoms with E-state index in [-0.39, 0.29) is 6.33 Å². The molecule has 1 amide bonds. The summed E-state index contributed by atoms with van der Waals surface area (Å²) in [6, 6.07) is 7.01. The minimum absolute atomic E-state index is 0.151. The maximum atomic E-state index is 11.6. The van der Waals surface area contributed by atoms with Gasteiger partial charge in [-0.3, -0.25) is 5.32 Å². The first-order chi connectivity index (χ1) is 9.28. The second kappa shape index (κ2) is 6.78. The summed E-state index contributed by atoms with van der Waals surface area (Å²) in [7, 11) is 0. The van der Waals surface area contributed by atoms with Crippen LogP contribution in [0.1, 0.15) is 25.7 Å². The van der Waals surface area contributed by atoms with Crippen molar-refractivity contribution < 1.29 is 18.7 Å². The van der Waals surface area contributed by atoms with Crippen LogP contribution in [-0.2, 0) is 4.74 Å². The highest BCUT2D eigenvalue weighted by atomic mass is 19.1.